The fourth-order valence-electron chi connectivity index (χ4n) is 1.73. The molecule has 3 N–H and O–H groups in total. The van der Waals surface area contributed by atoms with Crippen LogP contribution in [0.3, 0.4) is 0 Å². The number of morpholine rings is 1. The van der Waals surface area contributed by atoms with Gasteiger partial charge in [0.15, 0.2) is 0 Å². The van der Waals surface area contributed by atoms with Crippen LogP contribution in [0.25, 0.3) is 0 Å². The molecular formula is C11H16N2O2. The van der Waals surface area contributed by atoms with Gasteiger partial charge in [-0.3, -0.25) is 4.90 Å². The van der Waals surface area contributed by atoms with Crippen molar-refractivity contribution in [3.05, 3.63) is 23.8 Å². The van der Waals surface area contributed by atoms with Crippen molar-refractivity contribution in [1.29, 1.82) is 0 Å². The third-order valence-corrected chi connectivity index (χ3v) is 2.62. The maximum absolute atomic E-state index is 9.37. The number of hydrogen-bond donors (Lipinski definition) is 2. The van der Waals surface area contributed by atoms with E-state index in [9.17, 15) is 5.11 Å². The van der Waals surface area contributed by atoms with E-state index in [0.29, 0.717) is 0 Å². The Kier molecular flexibility index (Phi) is 3.08. The monoisotopic (exact) mass is 208 g/mol. The summed E-state index contributed by atoms with van der Waals surface area (Å²) in [5.74, 6) is 0.271. The van der Waals surface area contributed by atoms with Gasteiger partial charge in [-0.15, -0.1) is 0 Å². The lowest BCUT2D eigenvalue weighted by atomic mass is 10.1. The summed E-state index contributed by atoms with van der Waals surface area (Å²) < 4.78 is 5.27. The van der Waals surface area contributed by atoms with E-state index in [1.807, 2.05) is 0 Å². The Bertz CT molecular complexity index is 335. The van der Waals surface area contributed by atoms with Crippen LogP contribution < -0.4 is 5.73 Å². The van der Waals surface area contributed by atoms with Crippen LogP contribution in [0, 0.1) is 0 Å². The largest absolute Gasteiger partial charge is 0.508 e. The Hall–Kier alpha value is -1.26. The Labute approximate surface area is 89.3 Å². The molecule has 0 aliphatic carbocycles. The first-order valence-electron chi connectivity index (χ1n) is 5.13. The minimum Gasteiger partial charge on any atom is -0.508 e. The lowest BCUT2D eigenvalue weighted by Gasteiger charge is -2.27. The van der Waals surface area contributed by atoms with Gasteiger partial charge >= 0.3 is 0 Å². The topological polar surface area (TPSA) is 58.7 Å². The highest BCUT2D eigenvalue weighted by atomic mass is 16.5. The zero-order valence-electron chi connectivity index (χ0n) is 8.65. The van der Waals surface area contributed by atoms with Crippen LogP contribution in [0.2, 0.25) is 0 Å². The molecule has 1 fully saturated rings. The first kappa shape index (κ1) is 10.3. The summed E-state index contributed by atoms with van der Waals surface area (Å²) in [6.45, 7) is 4.19. The molecule has 0 bridgehead atoms. The smallest absolute Gasteiger partial charge is 0.116 e. The molecule has 4 nitrogen and oxygen atoms in total. The summed E-state index contributed by atoms with van der Waals surface area (Å²) in [6, 6.07) is 5.08. The highest BCUT2D eigenvalue weighted by molar-refractivity contribution is 5.50. The van der Waals surface area contributed by atoms with Crippen LogP contribution in [-0.2, 0) is 11.3 Å². The average Bonchev–Trinajstić information content (AvgIpc) is 2.25. The molecule has 1 aliphatic rings. The molecule has 0 saturated carbocycles. The number of ether oxygens (including phenoxy) is 1. The number of anilines is 1. The summed E-state index contributed by atoms with van der Waals surface area (Å²) in [5.41, 5.74) is 7.56. The van der Waals surface area contributed by atoms with E-state index in [-0.39, 0.29) is 5.75 Å². The first-order valence-corrected chi connectivity index (χ1v) is 5.13. The summed E-state index contributed by atoms with van der Waals surface area (Å²) in [5, 5.41) is 9.37. The number of phenolic OH excluding ortho intramolecular Hbond substituents is 1. The molecule has 82 valence electrons. The summed E-state index contributed by atoms with van der Waals surface area (Å²) in [6.07, 6.45) is 0. The standard InChI is InChI=1S/C11H16N2O2/c12-11-2-1-10(14)7-9(11)8-13-3-5-15-6-4-13/h1-2,7,14H,3-6,8,12H2. The van der Waals surface area contributed by atoms with Crippen LogP contribution in [-0.4, -0.2) is 36.3 Å². The number of nitrogens with zero attached hydrogens (tertiary/aromatic N) is 1. The van der Waals surface area contributed by atoms with E-state index in [1.165, 1.54) is 0 Å². The Morgan fingerprint density at radius 3 is 2.80 bits per heavy atom. The van der Waals surface area contributed by atoms with Gasteiger partial charge in [0.2, 0.25) is 0 Å². The molecule has 2 rings (SSSR count). The van der Waals surface area contributed by atoms with Crippen molar-refractivity contribution in [2.45, 2.75) is 6.54 Å². The number of nitrogens with two attached hydrogens (primary N) is 1. The van der Waals surface area contributed by atoms with Crippen molar-refractivity contribution in [3.63, 3.8) is 0 Å². The lowest BCUT2D eigenvalue weighted by molar-refractivity contribution is 0.0342. The molecule has 0 aromatic heterocycles. The van der Waals surface area contributed by atoms with Crippen molar-refractivity contribution in [2.24, 2.45) is 0 Å². The molecule has 1 saturated heterocycles. The SMILES string of the molecule is Nc1ccc(O)cc1CN1CCOCC1. The van der Waals surface area contributed by atoms with Crippen LogP contribution in [0.1, 0.15) is 5.56 Å². The summed E-state index contributed by atoms with van der Waals surface area (Å²) in [4.78, 5) is 2.27. The van der Waals surface area contributed by atoms with E-state index >= 15 is 0 Å². The minimum atomic E-state index is 0.271. The van der Waals surface area contributed by atoms with Gasteiger partial charge in [-0.25, -0.2) is 0 Å². The first-order chi connectivity index (χ1) is 7.25. The van der Waals surface area contributed by atoms with E-state index in [4.69, 9.17) is 10.5 Å². The van der Waals surface area contributed by atoms with Gasteiger partial charge < -0.3 is 15.6 Å². The predicted octanol–water partition coefficient (Wildman–Crippen LogP) is 0.807. The third-order valence-electron chi connectivity index (χ3n) is 2.62. The van der Waals surface area contributed by atoms with Gasteiger partial charge in [0, 0.05) is 25.3 Å². The fraction of sp³-hybridized carbons (Fsp3) is 0.455. The minimum absolute atomic E-state index is 0.271. The summed E-state index contributed by atoms with van der Waals surface area (Å²) in [7, 11) is 0. The number of benzene rings is 1. The second-order valence-electron chi connectivity index (χ2n) is 3.77. The molecule has 1 aromatic carbocycles. The second-order valence-corrected chi connectivity index (χ2v) is 3.77. The number of phenols is 1. The molecule has 0 unspecified atom stereocenters. The molecule has 1 aliphatic heterocycles. The average molecular weight is 208 g/mol. The second kappa shape index (κ2) is 4.51. The number of aromatic hydroxyl groups is 1. The van der Waals surface area contributed by atoms with Crippen molar-refractivity contribution >= 4 is 5.69 Å². The molecule has 4 heteroatoms. The Morgan fingerprint density at radius 1 is 1.33 bits per heavy atom. The van der Waals surface area contributed by atoms with Gasteiger partial charge in [0.1, 0.15) is 5.75 Å². The van der Waals surface area contributed by atoms with Crippen LogP contribution in [0.5, 0.6) is 5.75 Å². The highest BCUT2D eigenvalue weighted by Gasteiger charge is 2.12. The molecule has 1 heterocycles. The molecule has 0 atom stereocenters. The normalized spacial score (nSPS) is 17.9. The van der Waals surface area contributed by atoms with Crippen LogP contribution in [0.4, 0.5) is 5.69 Å². The van der Waals surface area contributed by atoms with Gasteiger partial charge in [0.05, 0.1) is 13.2 Å². The molecule has 15 heavy (non-hydrogen) atoms. The maximum Gasteiger partial charge on any atom is 0.116 e. The fourth-order valence-corrected chi connectivity index (χ4v) is 1.73. The quantitative estimate of drug-likeness (QED) is 0.557. The molecule has 0 radical (unpaired) electrons. The lowest BCUT2D eigenvalue weighted by Crippen LogP contribution is -2.35. The van der Waals surface area contributed by atoms with Gasteiger partial charge in [-0.05, 0) is 23.8 Å². The van der Waals surface area contributed by atoms with Gasteiger partial charge in [0.25, 0.3) is 0 Å². The third kappa shape index (κ3) is 2.61. The van der Waals surface area contributed by atoms with E-state index < -0.39 is 0 Å². The van der Waals surface area contributed by atoms with Gasteiger partial charge in [-0.1, -0.05) is 0 Å². The molecular weight excluding hydrogens is 192 g/mol. The zero-order valence-corrected chi connectivity index (χ0v) is 8.65. The van der Waals surface area contributed by atoms with E-state index in [2.05, 4.69) is 4.90 Å². The number of hydrogen-bond acceptors (Lipinski definition) is 4. The Balaban J connectivity index is 2.05. The Morgan fingerprint density at radius 2 is 2.07 bits per heavy atom. The molecule has 0 amide bonds. The van der Waals surface area contributed by atoms with Crippen LogP contribution >= 0.6 is 0 Å². The van der Waals surface area contributed by atoms with Gasteiger partial charge in [-0.2, -0.15) is 0 Å². The van der Waals surface area contributed by atoms with Crippen LogP contribution in [0.15, 0.2) is 18.2 Å². The number of nitrogen functional groups attached to an aromatic ring is 1. The number of rotatable bonds is 2. The van der Waals surface area contributed by atoms with Crippen molar-refractivity contribution < 1.29 is 9.84 Å². The maximum atomic E-state index is 9.37. The molecule has 1 aromatic rings. The zero-order chi connectivity index (χ0) is 10.7. The van der Waals surface area contributed by atoms with E-state index in [1.54, 1.807) is 18.2 Å². The van der Waals surface area contributed by atoms with Crippen molar-refractivity contribution in [3.8, 4) is 5.75 Å². The van der Waals surface area contributed by atoms with Crippen molar-refractivity contribution in [1.82, 2.24) is 4.90 Å². The highest BCUT2D eigenvalue weighted by Crippen LogP contribution is 2.20. The summed E-state index contributed by atoms with van der Waals surface area (Å²) >= 11 is 0. The predicted molar refractivity (Wildman–Crippen MR) is 58.6 cm³/mol. The van der Waals surface area contributed by atoms with E-state index in [0.717, 1.165) is 44.1 Å². The van der Waals surface area contributed by atoms with Crippen molar-refractivity contribution in [2.75, 3.05) is 32.0 Å². The molecule has 0 spiro atoms.